The van der Waals surface area contributed by atoms with Gasteiger partial charge < -0.3 is 26.9 Å². The number of allylic oxidation sites excluding steroid dienone is 1. The van der Waals surface area contributed by atoms with Crippen LogP contribution in [0.5, 0.6) is 11.5 Å². The number of fused-ring (bicyclic) bond motifs is 1. The van der Waals surface area contributed by atoms with E-state index < -0.39 is 0 Å². The third-order valence-electron chi connectivity index (χ3n) is 4.21. The molecule has 29 heavy (non-hydrogen) atoms. The number of hydrogen-bond acceptors (Lipinski definition) is 5. The van der Waals surface area contributed by atoms with Crippen LogP contribution in [0.2, 0.25) is 0 Å². The van der Waals surface area contributed by atoms with Crippen molar-refractivity contribution in [3.05, 3.63) is 76.2 Å². The third kappa shape index (κ3) is 4.60. The Morgan fingerprint density at radius 3 is 2.76 bits per heavy atom. The number of para-hydroxylation sites is 2. The van der Waals surface area contributed by atoms with Gasteiger partial charge in [0.2, 0.25) is 0 Å². The minimum absolute atomic E-state index is 0. The molecule has 0 spiro atoms. The van der Waals surface area contributed by atoms with E-state index in [4.69, 9.17) is 9.47 Å². The van der Waals surface area contributed by atoms with Gasteiger partial charge in [-0.2, -0.15) is 5.26 Å². The van der Waals surface area contributed by atoms with E-state index in [1.807, 2.05) is 60.0 Å². The Bertz CT molecular complexity index is 1140. The van der Waals surface area contributed by atoms with E-state index in [1.165, 1.54) is 0 Å². The molecule has 2 aromatic heterocycles. The van der Waals surface area contributed by atoms with Crippen LogP contribution in [0.25, 0.3) is 22.7 Å². The highest BCUT2D eigenvalue weighted by Gasteiger charge is 2.10. The number of nitrogens with zero attached hydrogens (tertiary/aromatic N) is 2. The molecule has 1 N–H and O–H groups in total. The number of aromatic amines is 1. The summed E-state index contributed by atoms with van der Waals surface area (Å²) in [6.45, 7) is 0.492. The van der Waals surface area contributed by atoms with Gasteiger partial charge in [-0.25, -0.2) is 4.98 Å². The summed E-state index contributed by atoms with van der Waals surface area (Å²) >= 11 is 1.65. The fourth-order valence-corrected chi connectivity index (χ4v) is 3.45. The number of aromatic nitrogens is 2. The summed E-state index contributed by atoms with van der Waals surface area (Å²) in [6, 6.07) is 19.5. The standard InChI is InChI=1S/C22H17N3O2S.ClH/c1-26-21-12-15(8-9-20(21)27-14-17-5-4-10-28-17)11-16(13-23)22-24-18-6-2-3-7-19(18)25-22;/h2-12H,14H2,1H3,(H,24,25);1H/p-1/b16-11+;. The first-order valence-corrected chi connectivity index (χ1v) is 9.55. The van der Waals surface area contributed by atoms with Gasteiger partial charge in [-0.05, 0) is 47.4 Å². The van der Waals surface area contributed by atoms with Crippen LogP contribution in [-0.2, 0) is 6.61 Å². The van der Waals surface area contributed by atoms with Crippen LogP contribution in [0.15, 0.2) is 60.0 Å². The van der Waals surface area contributed by atoms with Gasteiger partial charge in [0, 0.05) is 4.88 Å². The Morgan fingerprint density at radius 2 is 2.03 bits per heavy atom. The van der Waals surface area contributed by atoms with Gasteiger partial charge in [0.25, 0.3) is 0 Å². The second-order valence-corrected chi connectivity index (χ2v) is 7.08. The fourth-order valence-electron chi connectivity index (χ4n) is 2.84. The van der Waals surface area contributed by atoms with Crippen molar-refractivity contribution in [3.63, 3.8) is 0 Å². The molecule has 0 unspecified atom stereocenters. The highest BCUT2D eigenvalue weighted by atomic mass is 35.5. The number of halogens is 1. The average molecular weight is 423 g/mol. The number of thiophene rings is 1. The largest absolute Gasteiger partial charge is 1.00 e. The molecule has 0 aliphatic rings. The second kappa shape index (κ2) is 9.28. The van der Waals surface area contributed by atoms with Crippen molar-refractivity contribution in [2.24, 2.45) is 0 Å². The lowest BCUT2D eigenvalue weighted by Gasteiger charge is -2.10. The van der Waals surface area contributed by atoms with E-state index in [9.17, 15) is 5.26 Å². The number of rotatable bonds is 6. The van der Waals surface area contributed by atoms with Crippen molar-refractivity contribution in [2.45, 2.75) is 6.61 Å². The molecule has 146 valence electrons. The molecule has 0 radical (unpaired) electrons. The zero-order valence-corrected chi connectivity index (χ0v) is 17.1. The molecule has 0 amide bonds. The van der Waals surface area contributed by atoms with Crippen LogP contribution in [-0.4, -0.2) is 17.1 Å². The van der Waals surface area contributed by atoms with Crippen molar-refractivity contribution < 1.29 is 21.9 Å². The molecule has 4 rings (SSSR count). The van der Waals surface area contributed by atoms with Gasteiger partial charge in [-0.3, -0.25) is 0 Å². The number of hydrogen-bond donors (Lipinski definition) is 1. The van der Waals surface area contributed by atoms with Crippen LogP contribution in [0.1, 0.15) is 16.3 Å². The first kappa shape index (κ1) is 20.5. The Kier molecular flexibility index (Phi) is 6.55. The highest BCUT2D eigenvalue weighted by molar-refractivity contribution is 7.09. The summed E-state index contributed by atoms with van der Waals surface area (Å²) in [5.74, 6) is 1.82. The van der Waals surface area contributed by atoms with Crippen molar-refractivity contribution in [2.75, 3.05) is 7.11 Å². The van der Waals surface area contributed by atoms with Crippen molar-refractivity contribution in [3.8, 4) is 17.6 Å². The monoisotopic (exact) mass is 422 g/mol. The number of ether oxygens (including phenoxy) is 2. The van der Waals surface area contributed by atoms with Crippen molar-refractivity contribution in [1.29, 1.82) is 5.26 Å². The molecule has 2 heterocycles. The lowest BCUT2D eigenvalue weighted by atomic mass is 10.1. The summed E-state index contributed by atoms with van der Waals surface area (Å²) < 4.78 is 11.3. The molecule has 0 saturated carbocycles. The summed E-state index contributed by atoms with van der Waals surface area (Å²) in [6.07, 6.45) is 1.78. The third-order valence-corrected chi connectivity index (χ3v) is 5.06. The van der Waals surface area contributed by atoms with E-state index >= 15 is 0 Å². The van der Waals surface area contributed by atoms with E-state index in [2.05, 4.69) is 16.0 Å². The molecule has 0 saturated heterocycles. The summed E-state index contributed by atoms with van der Waals surface area (Å²) in [7, 11) is 1.60. The summed E-state index contributed by atoms with van der Waals surface area (Å²) in [5.41, 5.74) is 3.00. The Morgan fingerprint density at radius 1 is 1.17 bits per heavy atom. The molecule has 7 heteroatoms. The Balaban J connectivity index is 0.00000240. The highest BCUT2D eigenvalue weighted by Crippen LogP contribution is 2.30. The number of imidazole rings is 1. The lowest BCUT2D eigenvalue weighted by molar-refractivity contribution is -0.00000635. The molecule has 5 nitrogen and oxygen atoms in total. The molecule has 0 bridgehead atoms. The average Bonchev–Trinajstić information content (AvgIpc) is 3.40. The molecule has 4 aromatic rings. The first-order chi connectivity index (χ1) is 13.8. The van der Waals surface area contributed by atoms with Gasteiger partial charge in [0.15, 0.2) is 11.5 Å². The number of nitrogens with one attached hydrogen (secondary N) is 1. The molecule has 0 aliphatic carbocycles. The van der Waals surface area contributed by atoms with Crippen LogP contribution in [0.4, 0.5) is 0 Å². The Hall–Kier alpha value is -3.27. The second-order valence-electron chi connectivity index (χ2n) is 6.05. The fraction of sp³-hybridized carbons (Fsp3) is 0.0909. The SMILES string of the molecule is COc1cc(/C=C(\C#N)c2nc3ccccc3[nH]2)ccc1OCc1cccs1.[Cl-]. The quantitative estimate of drug-likeness (QED) is 0.484. The van der Waals surface area contributed by atoms with Gasteiger partial charge in [-0.15, -0.1) is 11.3 Å². The first-order valence-electron chi connectivity index (χ1n) is 8.67. The molecule has 0 aliphatic heterocycles. The van der Waals surface area contributed by atoms with E-state index in [0.29, 0.717) is 29.5 Å². The normalized spacial score (nSPS) is 11.0. The lowest BCUT2D eigenvalue weighted by Crippen LogP contribution is -3.00. The van der Waals surface area contributed by atoms with Gasteiger partial charge >= 0.3 is 0 Å². The van der Waals surface area contributed by atoms with E-state index in [0.717, 1.165) is 21.5 Å². The zero-order valence-electron chi connectivity index (χ0n) is 15.6. The molecule has 2 aromatic carbocycles. The smallest absolute Gasteiger partial charge is 0.161 e. The van der Waals surface area contributed by atoms with Gasteiger partial charge in [0.05, 0.1) is 23.7 Å². The maximum absolute atomic E-state index is 9.60. The molecular weight excluding hydrogens is 406 g/mol. The minimum atomic E-state index is 0. The topological polar surface area (TPSA) is 70.9 Å². The van der Waals surface area contributed by atoms with Crippen LogP contribution in [0.3, 0.4) is 0 Å². The maximum Gasteiger partial charge on any atom is 0.161 e. The molecular formula is C22H17ClN3O2S-. The maximum atomic E-state index is 9.60. The van der Waals surface area contributed by atoms with E-state index in [-0.39, 0.29) is 12.4 Å². The number of H-pyrrole nitrogens is 1. The Labute approximate surface area is 178 Å². The van der Waals surface area contributed by atoms with Crippen LogP contribution in [0, 0.1) is 11.3 Å². The van der Waals surface area contributed by atoms with Gasteiger partial charge in [0.1, 0.15) is 18.5 Å². The number of methoxy groups -OCH3 is 1. The predicted octanol–water partition coefficient (Wildman–Crippen LogP) is 2.28. The van der Waals surface area contributed by atoms with Crippen molar-refractivity contribution in [1.82, 2.24) is 9.97 Å². The van der Waals surface area contributed by atoms with Gasteiger partial charge in [-0.1, -0.05) is 24.3 Å². The van der Waals surface area contributed by atoms with Crippen LogP contribution < -0.4 is 21.9 Å². The van der Waals surface area contributed by atoms with E-state index in [1.54, 1.807) is 24.5 Å². The summed E-state index contributed by atoms with van der Waals surface area (Å²) in [4.78, 5) is 8.82. The molecule has 0 fully saturated rings. The number of benzene rings is 2. The minimum Gasteiger partial charge on any atom is -1.00 e. The summed E-state index contributed by atoms with van der Waals surface area (Å²) in [5, 5.41) is 11.6. The predicted molar refractivity (Wildman–Crippen MR) is 111 cm³/mol. The van der Waals surface area contributed by atoms with Crippen molar-refractivity contribution >= 4 is 34.0 Å². The zero-order chi connectivity index (χ0) is 19.3. The van der Waals surface area contributed by atoms with Crippen LogP contribution >= 0.6 is 11.3 Å². The number of nitriles is 1. The molecule has 0 atom stereocenters.